The number of halogens is 4. The van der Waals surface area contributed by atoms with Gasteiger partial charge < -0.3 is 16.0 Å². The van der Waals surface area contributed by atoms with Crippen molar-refractivity contribution in [2.24, 2.45) is 4.99 Å². The fourth-order valence-electron chi connectivity index (χ4n) is 2.78. The number of hydrogen-bond donors (Lipinski definition) is 3. The van der Waals surface area contributed by atoms with Crippen LogP contribution >= 0.6 is 22.6 Å². The third kappa shape index (κ3) is 5.54. The molecule has 1 aliphatic heterocycles. The number of carbonyl (C=O) groups excluding carboxylic acids is 1. The zero-order chi connectivity index (χ0) is 20.8. The molecule has 0 saturated carbocycles. The Kier molecular flexibility index (Phi) is 7.20. The van der Waals surface area contributed by atoms with E-state index in [0.717, 1.165) is 42.9 Å². The zero-order valence-corrected chi connectivity index (χ0v) is 17.3. The normalized spacial score (nSPS) is 14.0. The molecule has 0 aliphatic carbocycles. The molecule has 0 atom stereocenters. The van der Waals surface area contributed by atoms with Gasteiger partial charge in [0.15, 0.2) is 17.5 Å². The van der Waals surface area contributed by atoms with Crippen LogP contribution in [0.25, 0.3) is 0 Å². The summed E-state index contributed by atoms with van der Waals surface area (Å²) >= 11 is 1.89. The topological polar surface area (TPSA) is 78.4 Å². The molecule has 2 aromatic rings. The summed E-state index contributed by atoms with van der Waals surface area (Å²) in [6.45, 7) is 1.54. The smallest absolute Gasteiger partial charge is 0.275 e. The molecule has 2 heterocycles. The standard InChI is InChI=1S/C19H17F3IN5O/c20-13-5-11(6-14(21)18(13)22)7-25-9-17(26-10-23)28-19(29)16-2-1-12-8-24-4-3-15(12)27-16/h1-2,5-6,9-10,24-25H,3-4,7-8H2,(H,28,29)/b17-9+,26-10-. The largest absolute Gasteiger partial charge is 0.384 e. The van der Waals surface area contributed by atoms with Gasteiger partial charge in [-0.1, -0.05) is 6.07 Å². The predicted octanol–water partition coefficient (Wildman–Crippen LogP) is 2.93. The Morgan fingerprint density at radius 3 is 2.76 bits per heavy atom. The van der Waals surface area contributed by atoms with Crippen molar-refractivity contribution in [1.82, 2.24) is 20.9 Å². The summed E-state index contributed by atoms with van der Waals surface area (Å²) in [5.41, 5.74) is 2.42. The van der Waals surface area contributed by atoms with E-state index in [4.69, 9.17) is 0 Å². The highest BCUT2D eigenvalue weighted by molar-refractivity contribution is 14.1. The third-order valence-corrected chi connectivity index (χ3v) is 4.45. The van der Waals surface area contributed by atoms with Gasteiger partial charge in [-0.25, -0.2) is 23.1 Å². The Morgan fingerprint density at radius 2 is 2.03 bits per heavy atom. The zero-order valence-electron chi connectivity index (χ0n) is 15.1. The molecule has 1 aliphatic rings. The number of rotatable bonds is 6. The molecule has 3 N–H and O–H groups in total. The summed E-state index contributed by atoms with van der Waals surface area (Å²) in [6, 6.07) is 5.30. The maximum atomic E-state index is 13.3. The SMILES string of the molecule is O=C(NC(=C/NCc1cc(F)c(F)c(F)c1)/N=C\I)c1ccc2c(n1)CCNC2. The molecular formula is C19H17F3IN5O. The van der Waals surface area contributed by atoms with Crippen molar-refractivity contribution >= 4 is 32.7 Å². The summed E-state index contributed by atoms with van der Waals surface area (Å²) in [6.07, 6.45) is 2.13. The van der Waals surface area contributed by atoms with Crippen LogP contribution < -0.4 is 16.0 Å². The molecule has 29 heavy (non-hydrogen) atoms. The molecule has 0 radical (unpaired) electrons. The van der Waals surface area contributed by atoms with E-state index in [-0.39, 0.29) is 23.6 Å². The van der Waals surface area contributed by atoms with Crippen LogP contribution in [-0.4, -0.2) is 21.7 Å². The lowest BCUT2D eigenvalue weighted by Gasteiger charge is -2.16. The van der Waals surface area contributed by atoms with E-state index in [1.165, 1.54) is 10.4 Å². The molecule has 10 heteroatoms. The van der Waals surface area contributed by atoms with Crippen LogP contribution in [0.4, 0.5) is 13.2 Å². The average Bonchev–Trinajstić information content (AvgIpc) is 2.71. The molecule has 1 aromatic heterocycles. The molecule has 0 saturated heterocycles. The van der Waals surface area contributed by atoms with E-state index in [1.807, 2.05) is 28.7 Å². The first-order valence-corrected chi connectivity index (χ1v) is 9.93. The number of benzene rings is 1. The molecule has 3 rings (SSSR count). The molecule has 0 bridgehead atoms. The van der Waals surface area contributed by atoms with Crippen molar-refractivity contribution in [1.29, 1.82) is 0 Å². The van der Waals surface area contributed by atoms with E-state index in [1.54, 1.807) is 6.07 Å². The fourth-order valence-corrected chi connectivity index (χ4v) is 3.08. The first-order valence-electron chi connectivity index (χ1n) is 8.68. The van der Waals surface area contributed by atoms with Crippen molar-refractivity contribution < 1.29 is 18.0 Å². The number of aliphatic imine (C=N–C) groups is 1. The lowest BCUT2D eigenvalue weighted by Crippen LogP contribution is -2.28. The maximum Gasteiger partial charge on any atom is 0.275 e. The van der Waals surface area contributed by atoms with Gasteiger partial charge in [0.05, 0.1) is 4.22 Å². The Balaban J connectivity index is 1.67. The quantitative estimate of drug-likeness (QED) is 0.314. The highest BCUT2D eigenvalue weighted by Gasteiger charge is 2.15. The molecule has 0 unspecified atom stereocenters. The highest BCUT2D eigenvalue weighted by Crippen LogP contribution is 2.14. The molecule has 0 fully saturated rings. The number of aromatic nitrogens is 1. The number of nitrogens with zero attached hydrogens (tertiary/aromatic N) is 2. The first-order chi connectivity index (χ1) is 14.0. The van der Waals surface area contributed by atoms with Crippen molar-refractivity contribution in [3.8, 4) is 0 Å². The average molecular weight is 515 g/mol. The van der Waals surface area contributed by atoms with E-state index >= 15 is 0 Å². The number of fused-ring (bicyclic) bond motifs is 1. The van der Waals surface area contributed by atoms with E-state index in [0.29, 0.717) is 0 Å². The number of carbonyl (C=O) groups is 1. The van der Waals surface area contributed by atoms with Crippen molar-refractivity contribution in [2.45, 2.75) is 19.5 Å². The minimum Gasteiger partial charge on any atom is -0.384 e. The van der Waals surface area contributed by atoms with E-state index in [2.05, 4.69) is 25.9 Å². The van der Waals surface area contributed by atoms with Gasteiger partial charge in [-0.15, -0.1) is 0 Å². The Labute approximate surface area is 178 Å². The second-order valence-electron chi connectivity index (χ2n) is 6.19. The van der Waals surface area contributed by atoms with Crippen LogP contribution in [0.15, 0.2) is 41.3 Å². The maximum absolute atomic E-state index is 13.3. The van der Waals surface area contributed by atoms with Gasteiger partial charge >= 0.3 is 0 Å². The summed E-state index contributed by atoms with van der Waals surface area (Å²) in [5.74, 6) is -4.29. The van der Waals surface area contributed by atoms with Crippen LogP contribution in [0.5, 0.6) is 0 Å². The van der Waals surface area contributed by atoms with Gasteiger partial charge in [-0.3, -0.25) is 4.79 Å². The first kappa shape index (κ1) is 21.2. The molecule has 1 amide bonds. The molecule has 6 nitrogen and oxygen atoms in total. The lowest BCUT2D eigenvalue weighted by atomic mass is 10.1. The van der Waals surface area contributed by atoms with Gasteiger partial charge in [0.25, 0.3) is 5.91 Å². The van der Waals surface area contributed by atoms with Crippen LogP contribution in [0, 0.1) is 17.5 Å². The Bertz CT molecular complexity index is 957. The monoisotopic (exact) mass is 515 g/mol. The number of amides is 1. The van der Waals surface area contributed by atoms with E-state index < -0.39 is 23.4 Å². The second-order valence-corrected chi connectivity index (χ2v) is 6.75. The van der Waals surface area contributed by atoms with Gasteiger partial charge in [0.2, 0.25) is 0 Å². The van der Waals surface area contributed by atoms with Crippen molar-refractivity contribution in [3.05, 3.63) is 76.3 Å². The predicted molar refractivity (Wildman–Crippen MR) is 111 cm³/mol. The van der Waals surface area contributed by atoms with Gasteiger partial charge in [-0.05, 0) is 51.9 Å². The summed E-state index contributed by atoms with van der Waals surface area (Å²) in [4.78, 5) is 21.0. The number of nitrogens with one attached hydrogen (secondary N) is 3. The van der Waals surface area contributed by atoms with Gasteiger partial charge in [-0.2, -0.15) is 0 Å². The molecule has 1 aromatic carbocycles. The summed E-state index contributed by atoms with van der Waals surface area (Å²) in [5, 5.41) is 8.66. The van der Waals surface area contributed by atoms with Crippen LogP contribution in [0.3, 0.4) is 0 Å². The van der Waals surface area contributed by atoms with Crippen molar-refractivity contribution in [2.75, 3.05) is 6.54 Å². The summed E-state index contributed by atoms with van der Waals surface area (Å²) < 4.78 is 41.0. The number of hydrogen-bond acceptors (Lipinski definition) is 5. The summed E-state index contributed by atoms with van der Waals surface area (Å²) in [7, 11) is 0. The Morgan fingerprint density at radius 1 is 1.28 bits per heavy atom. The second kappa shape index (κ2) is 9.83. The highest BCUT2D eigenvalue weighted by atomic mass is 127. The molecule has 0 spiro atoms. The Hall–Kier alpha value is -2.47. The van der Waals surface area contributed by atoms with Gasteiger partial charge in [0.1, 0.15) is 11.5 Å². The van der Waals surface area contributed by atoms with Gasteiger partial charge in [0, 0.05) is 37.9 Å². The van der Waals surface area contributed by atoms with Crippen LogP contribution in [0.2, 0.25) is 0 Å². The molecule has 152 valence electrons. The van der Waals surface area contributed by atoms with E-state index in [9.17, 15) is 18.0 Å². The van der Waals surface area contributed by atoms with Crippen LogP contribution in [-0.2, 0) is 19.5 Å². The minimum absolute atomic E-state index is 0.00829. The lowest BCUT2D eigenvalue weighted by molar-refractivity contribution is 0.0960. The molecular weight excluding hydrogens is 498 g/mol. The minimum atomic E-state index is -1.51. The fraction of sp³-hybridized carbons (Fsp3) is 0.211. The van der Waals surface area contributed by atoms with Crippen LogP contribution in [0.1, 0.15) is 27.3 Å². The van der Waals surface area contributed by atoms with Crippen molar-refractivity contribution in [3.63, 3.8) is 0 Å². The number of pyridine rings is 1. The third-order valence-electron chi connectivity index (χ3n) is 4.17.